The second kappa shape index (κ2) is 8.90. The Labute approximate surface area is 96.4 Å². The van der Waals surface area contributed by atoms with Gasteiger partial charge in [0.15, 0.2) is 0 Å². The molecule has 5 heteroatoms. The monoisotopic (exact) mass is 236 g/mol. The second-order valence-electron chi connectivity index (χ2n) is 4.12. The fourth-order valence-electron chi connectivity index (χ4n) is 1.56. The first-order valence-corrected chi connectivity index (χ1v) is 5.87. The van der Waals surface area contributed by atoms with E-state index in [0.717, 1.165) is 0 Å². The van der Waals surface area contributed by atoms with E-state index in [1.807, 2.05) is 6.92 Å². The van der Waals surface area contributed by atoms with E-state index in [1.54, 1.807) is 0 Å². The predicted octanol–water partition coefficient (Wildman–Crippen LogP) is -0.607. The van der Waals surface area contributed by atoms with Gasteiger partial charge in [0.05, 0.1) is 12.2 Å². The molecule has 0 aliphatic carbocycles. The molecule has 0 rings (SSSR count). The average molecular weight is 236 g/mol. The topological polar surface area (TPSA) is 101 Å². The molecule has 4 atom stereocenters. The average Bonchev–Trinajstić information content (AvgIpc) is 2.27. The number of aliphatic hydroxyl groups is 5. The fraction of sp³-hybridized carbons (Fsp3) is 1.00. The summed E-state index contributed by atoms with van der Waals surface area (Å²) in [4.78, 5) is 0. The maximum absolute atomic E-state index is 9.56. The molecule has 0 unspecified atom stereocenters. The SMILES string of the molecule is CCC[C@@H](O)[C@H](O)[C@H](O)[C@@H](O)CCCCO. The third kappa shape index (κ3) is 5.77. The molecule has 0 fully saturated rings. The van der Waals surface area contributed by atoms with Crippen LogP contribution in [0.4, 0.5) is 0 Å². The zero-order valence-electron chi connectivity index (χ0n) is 9.79. The zero-order valence-corrected chi connectivity index (χ0v) is 9.79. The lowest BCUT2D eigenvalue weighted by molar-refractivity contribution is -0.108. The van der Waals surface area contributed by atoms with Crippen molar-refractivity contribution in [2.75, 3.05) is 6.61 Å². The van der Waals surface area contributed by atoms with Crippen LogP contribution in [-0.2, 0) is 0 Å². The Morgan fingerprint density at radius 1 is 0.812 bits per heavy atom. The standard InChI is InChI=1S/C11H24O5/c1-2-5-8(13)10(15)11(16)9(14)6-3-4-7-12/h8-16H,2-7H2,1H3/t8-,9+,10+,11-/m1/s1. The van der Waals surface area contributed by atoms with E-state index in [4.69, 9.17) is 5.11 Å². The molecule has 0 heterocycles. The second-order valence-corrected chi connectivity index (χ2v) is 4.12. The molecule has 0 bridgehead atoms. The summed E-state index contributed by atoms with van der Waals surface area (Å²) in [6.45, 7) is 1.91. The van der Waals surface area contributed by atoms with Gasteiger partial charge in [-0.05, 0) is 25.7 Å². The van der Waals surface area contributed by atoms with E-state index in [0.29, 0.717) is 32.1 Å². The molecule has 0 aromatic carbocycles. The molecule has 0 saturated heterocycles. The van der Waals surface area contributed by atoms with Crippen molar-refractivity contribution < 1.29 is 25.5 Å². The lowest BCUT2D eigenvalue weighted by atomic mass is 9.97. The van der Waals surface area contributed by atoms with Gasteiger partial charge in [0, 0.05) is 6.61 Å². The maximum Gasteiger partial charge on any atom is 0.108 e. The van der Waals surface area contributed by atoms with Crippen molar-refractivity contribution in [2.45, 2.75) is 63.4 Å². The van der Waals surface area contributed by atoms with Crippen LogP contribution in [0.5, 0.6) is 0 Å². The number of aliphatic hydroxyl groups excluding tert-OH is 5. The van der Waals surface area contributed by atoms with E-state index in [-0.39, 0.29) is 6.61 Å². The molecular formula is C11H24O5. The lowest BCUT2D eigenvalue weighted by Gasteiger charge is -2.26. The van der Waals surface area contributed by atoms with Gasteiger partial charge in [0.25, 0.3) is 0 Å². The van der Waals surface area contributed by atoms with E-state index in [1.165, 1.54) is 0 Å². The van der Waals surface area contributed by atoms with Gasteiger partial charge in [-0.15, -0.1) is 0 Å². The summed E-state index contributed by atoms with van der Waals surface area (Å²) in [7, 11) is 0. The molecule has 0 aromatic heterocycles. The summed E-state index contributed by atoms with van der Waals surface area (Å²) in [5.74, 6) is 0. The van der Waals surface area contributed by atoms with Gasteiger partial charge in [-0.2, -0.15) is 0 Å². The summed E-state index contributed by atoms with van der Waals surface area (Å²) < 4.78 is 0. The van der Waals surface area contributed by atoms with Gasteiger partial charge in [-0.1, -0.05) is 13.3 Å². The molecule has 0 aliphatic rings. The minimum absolute atomic E-state index is 0.0455. The van der Waals surface area contributed by atoms with Crippen LogP contribution in [0, 0.1) is 0 Å². The van der Waals surface area contributed by atoms with Crippen molar-refractivity contribution in [3.05, 3.63) is 0 Å². The minimum Gasteiger partial charge on any atom is -0.396 e. The highest BCUT2D eigenvalue weighted by molar-refractivity contribution is 4.80. The third-order valence-electron chi connectivity index (χ3n) is 2.63. The van der Waals surface area contributed by atoms with Gasteiger partial charge in [0.1, 0.15) is 12.2 Å². The summed E-state index contributed by atoms with van der Waals surface area (Å²) in [6, 6.07) is 0. The van der Waals surface area contributed by atoms with E-state index in [9.17, 15) is 20.4 Å². The Hall–Kier alpha value is -0.200. The van der Waals surface area contributed by atoms with Crippen molar-refractivity contribution in [2.24, 2.45) is 0 Å². The molecule has 98 valence electrons. The summed E-state index contributed by atoms with van der Waals surface area (Å²) in [5, 5.41) is 46.6. The summed E-state index contributed by atoms with van der Waals surface area (Å²) >= 11 is 0. The van der Waals surface area contributed by atoms with Gasteiger partial charge in [-0.25, -0.2) is 0 Å². The molecule has 0 amide bonds. The lowest BCUT2D eigenvalue weighted by Crippen LogP contribution is -2.44. The van der Waals surface area contributed by atoms with Gasteiger partial charge in [-0.3, -0.25) is 0 Å². The van der Waals surface area contributed by atoms with Crippen molar-refractivity contribution in [3.63, 3.8) is 0 Å². The van der Waals surface area contributed by atoms with Gasteiger partial charge in [0.2, 0.25) is 0 Å². The minimum atomic E-state index is -1.33. The Morgan fingerprint density at radius 3 is 1.75 bits per heavy atom. The highest BCUT2D eigenvalue weighted by atomic mass is 16.4. The van der Waals surface area contributed by atoms with E-state index < -0.39 is 24.4 Å². The largest absolute Gasteiger partial charge is 0.396 e. The summed E-state index contributed by atoms with van der Waals surface area (Å²) in [5.41, 5.74) is 0. The van der Waals surface area contributed by atoms with Crippen molar-refractivity contribution in [1.29, 1.82) is 0 Å². The fourth-order valence-corrected chi connectivity index (χ4v) is 1.56. The van der Waals surface area contributed by atoms with Crippen LogP contribution in [0.1, 0.15) is 39.0 Å². The molecule has 5 nitrogen and oxygen atoms in total. The zero-order chi connectivity index (χ0) is 12.6. The highest BCUT2D eigenvalue weighted by Gasteiger charge is 2.29. The van der Waals surface area contributed by atoms with Crippen LogP contribution in [0.25, 0.3) is 0 Å². The van der Waals surface area contributed by atoms with E-state index >= 15 is 0 Å². The smallest absolute Gasteiger partial charge is 0.108 e. The number of hydrogen-bond acceptors (Lipinski definition) is 5. The first-order valence-electron chi connectivity index (χ1n) is 5.87. The highest BCUT2D eigenvalue weighted by Crippen LogP contribution is 2.13. The first kappa shape index (κ1) is 15.8. The Balaban J connectivity index is 3.94. The molecule has 0 saturated carbocycles. The van der Waals surface area contributed by atoms with E-state index in [2.05, 4.69) is 0 Å². The van der Waals surface area contributed by atoms with Gasteiger partial charge >= 0.3 is 0 Å². The van der Waals surface area contributed by atoms with Crippen molar-refractivity contribution in [3.8, 4) is 0 Å². The number of unbranched alkanes of at least 4 members (excludes halogenated alkanes) is 1. The Morgan fingerprint density at radius 2 is 1.31 bits per heavy atom. The van der Waals surface area contributed by atoms with Crippen LogP contribution in [0.2, 0.25) is 0 Å². The molecule has 5 N–H and O–H groups in total. The Bertz CT molecular complexity index is 164. The molecular weight excluding hydrogens is 212 g/mol. The molecule has 0 aromatic rings. The predicted molar refractivity (Wildman–Crippen MR) is 59.9 cm³/mol. The van der Waals surface area contributed by atoms with Crippen molar-refractivity contribution >= 4 is 0 Å². The molecule has 0 aliphatic heterocycles. The van der Waals surface area contributed by atoms with Crippen LogP contribution in [-0.4, -0.2) is 56.6 Å². The molecule has 0 spiro atoms. The van der Waals surface area contributed by atoms with Crippen LogP contribution in [0.3, 0.4) is 0 Å². The van der Waals surface area contributed by atoms with Crippen LogP contribution in [0.15, 0.2) is 0 Å². The van der Waals surface area contributed by atoms with Crippen molar-refractivity contribution in [1.82, 2.24) is 0 Å². The quantitative estimate of drug-likeness (QED) is 0.344. The Kier molecular flexibility index (Phi) is 8.78. The maximum atomic E-state index is 9.56. The number of hydrogen-bond donors (Lipinski definition) is 5. The normalized spacial score (nSPS) is 19.1. The van der Waals surface area contributed by atoms with Crippen LogP contribution < -0.4 is 0 Å². The number of rotatable bonds is 9. The molecule has 16 heavy (non-hydrogen) atoms. The first-order chi connectivity index (χ1) is 7.54. The van der Waals surface area contributed by atoms with Gasteiger partial charge < -0.3 is 25.5 Å². The summed E-state index contributed by atoms with van der Waals surface area (Å²) in [6.07, 6.45) is -2.20. The molecule has 0 radical (unpaired) electrons. The third-order valence-corrected chi connectivity index (χ3v) is 2.63. The van der Waals surface area contributed by atoms with Crippen LogP contribution >= 0.6 is 0 Å².